The Morgan fingerprint density at radius 2 is 1.94 bits per heavy atom. The number of aromatic nitrogens is 4. The largest absolute Gasteiger partial charge is 0.365 e. The predicted octanol–water partition coefficient (Wildman–Crippen LogP) is 3.22. The van der Waals surface area contributed by atoms with Crippen molar-refractivity contribution in [3.63, 3.8) is 0 Å². The van der Waals surface area contributed by atoms with Crippen LogP contribution in [0.3, 0.4) is 0 Å². The predicted molar refractivity (Wildman–Crippen MR) is 128 cm³/mol. The zero-order chi connectivity index (χ0) is 25.6. The lowest BCUT2D eigenvalue weighted by atomic mass is 10.1. The Bertz CT molecular complexity index is 1320. The molecule has 3 amide bonds. The first kappa shape index (κ1) is 23.6. The van der Waals surface area contributed by atoms with E-state index in [9.17, 15) is 18.4 Å². The highest BCUT2D eigenvalue weighted by Crippen LogP contribution is 2.31. The molecule has 36 heavy (non-hydrogen) atoms. The van der Waals surface area contributed by atoms with Crippen LogP contribution in [0.4, 0.5) is 30.8 Å². The van der Waals surface area contributed by atoms with Crippen LogP contribution in [0, 0.1) is 25.5 Å². The number of urea groups is 1. The van der Waals surface area contributed by atoms with Crippen molar-refractivity contribution in [2.75, 3.05) is 22.1 Å². The Kier molecular flexibility index (Phi) is 6.02. The standard InChI is InChI=1S/C24H26F2N8O2/c1-13-4-16(5-18(25)22(13)26)31-24(36)32-11-20-19(8-29-34(20)9-15(32)3)33-10-17(6-21(33)35)30-23-14(2)7-27-12-28-23/h4-5,7-8,12,15,17H,6,9-11H2,1-3H3,(H,31,36)(H,27,28,30)/t15-,17?/m0/s1. The van der Waals surface area contributed by atoms with Crippen molar-refractivity contribution < 1.29 is 18.4 Å². The lowest BCUT2D eigenvalue weighted by Gasteiger charge is -2.35. The quantitative estimate of drug-likeness (QED) is 0.574. The summed E-state index contributed by atoms with van der Waals surface area (Å²) in [7, 11) is 0. The number of anilines is 3. The number of hydrogen-bond acceptors (Lipinski definition) is 6. The van der Waals surface area contributed by atoms with Gasteiger partial charge in [0.1, 0.15) is 12.1 Å². The van der Waals surface area contributed by atoms with Crippen LogP contribution < -0.4 is 15.5 Å². The van der Waals surface area contributed by atoms with Gasteiger partial charge in [-0.25, -0.2) is 23.5 Å². The zero-order valence-electron chi connectivity index (χ0n) is 20.1. The molecule has 2 N–H and O–H groups in total. The molecule has 1 unspecified atom stereocenters. The number of amides is 3. The van der Waals surface area contributed by atoms with Gasteiger partial charge < -0.3 is 20.4 Å². The summed E-state index contributed by atoms with van der Waals surface area (Å²) >= 11 is 0. The highest BCUT2D eigenvalue weighted by molar-refractivity contribution is 5.97. The number of fused-ring (bicyclic) bond motifs is 1. The monoisotopic (exact) mass is 496 g/mol. The average Bonchev–Trinajstić information content (AvgIpc) is 3.40. The number of hydrogen-bond donors (Lipinski definition) is 2. The molecule has 3 aromatic rings. The normalized spacial score (nSPS) is 19.4. The number of nitrogens with zero attached hydrogens (tertiary/aromatic N) is 6. The first-order valence-electron chi connectivity index (χ1n) is 11.6. The molecule has 188 valence electrons. The maximum atomic E-state index is 13.8. The Morgan fingerprint density at radius 3 is 2.69 bits per heavy atom. The zero-order valence-corrected chi connectivity index (χ0v) is 20.1. The van der Waals surface area contributed by atoms with Gasteiger partial charge in [0.2, 0.25) is 5.91 Å². The third-order valence-corrected chi connectivity index (χ3v) is 6.59. The third kappa shape index (κ3) is 4.34. The molecule has 0 saturated carbocycles. The highest BCUT2D eigenvalue weighted by Gasteiger charge is 2.36. The summed E-state index contributed by atoms with van der Waals surface area (Å²) in [5, 5.41) is 10.4. The molecule has 0 aliphatic carbocycles. The van der Waals surface area contributed by atoms with Gasteiger partial charge in [0.15, 0.2) is 11.6 Å². The van der Waals surface area contributed by atoms with E-state index in [1.807, 2.05) is 13.8 Å². The molecular weight excluding hydrogens is 470 g/mol. The lowest BCUT2D eigenvalue weighted by Crippen LogP contribution is -2.47. The van der Waals surface area contributed by atoms with Crippen molar-refractivity contribution in [1.82, 2.24) is 24.6 Å². The second-order valence-electron chi connectivity index (χ2n) is 9.26. The molecule has 1 aromatic carbocycles. The average molecular weight is 497 g/mol. The molecule has 2 aliphatic rings. The molecule has 0 bridgehead atoms. The number of nitrogens with one attached hydrogen (secondary N) is 2. The van der Waals surface area contributed by atoms with E-state index in [4.69, 9.17) is 0 Å². The fourth-order valence-electron chi connectivity index (χ4n) is 4.66. The van der Waals surface area contributed by atoms with Gasteiger partial charge in [-0.2, -0.15) is 5.10 Å². The second kappa shape index (κ2) is 9.17. The molecule has 0 radical (unpaired) electrons. The molecule has 1 fully saturated rings. The SMILES string of the molecule is Cc1cncnc1NC1CC(=O)N(c2cnn3c2CN(C(=O)Nc2cc(C)c(F)c(F)c2)[C@@H](C)C3)C1. The van der Waals surface area contributed by atoms with Crippen LogP contribution in [-0.2, 0) is 17.9 Å². The Labute approximate surface area is 206 Å². The van der Waals surface area contributed by atoms with Crippen molar-refractivity contribution in [1.29, 1.82) is 0 Å². The Morgan fingerprint density at radius 1 is 1.14 bits per heavy atom. The van der Waals surface area contributed by atoms with E-state index >= 15 is 0 Å². The van der Waals surface area contributed by atoms with Gasteiger partial charge in [-0.1, -0.05) is 0 Å². The number of rotatable bonds is 4. The van der Waals surface area contributed by atoms with Crippen LogP contribution in [0.1, 0.15) is 30.2 Å². The molecule has 2 atom stereocenters. The molecule has 2 aliphatic heterocycles. The molecule has 0 spiro atoms. The maximum Gasteiger partial charge on any atom is 0.322 e. The van der Waals surface area contributed by atoms with Gasteiger partial charge in [-0.15, -0.1) is 0 Å². The fourth-order valence-corrected chi connectivity index (χ4v) is 4.66. The van der Waals surface area contributed by atoms with Gasteiger partial charge in [-0.3, -0.25) is 9.48 Å². The Hall–Kier alpha value is -4.09. The summed E-state index contributed by atoms with van der Waals surface area (Å²) in [5.74, 6) is -1.33. The van der Waals surface area contributed by atoms with E-state index in [0.29, 0.717) is 31.0 Å². The minimum atomic E-state index is -1.02. The number of halogens is 2. The first-order chi connectivity index (χ1) is 17.2. The van der Waals surface area contributed by atoms with Crippen molar-refractivity contribution in [2.45, 2.75) is 52.4 Å². The van der Waals surface area contributed by atoms with E-state index in [0.717, 1.165) is 17.3 Å². The van der Waals surface area contributed by atoms with Crippen LogP contribution in [0.2, 0.25) is 0 Å². The van der Waals surface area contributed by atoms with Crippen molar-refractivity contribution >= 4 is 29.1 Å². The summed E-state index contributed by atoms with van der Waals surface area (Å²) in [6, 6.07) is 1.55. The minimum absolute atomic E-state index is 0.0538. The summed E-state index contributed by atoms with van der Waals surface area (Å²) in [5.41, 5.74) is 2.55. The number of aryl methyl sites for hydroxylation is 2. The highest BCUT2D eigenvalue weighted by atomic mass is 19.2. The van der Waals surface area contributed by atoms with Crippen LogP contribution in [0.15, 0.2) is 30.9 Å². The van der Waals surface area contributed by atoms with Crippen LogP contribution >= 0.6 is 0 Å². The smallest absolute Gasteiger partial charge is 0.322 e. The molecule has 2 aromatic heterocycles. The second-order valence-corrected chi connectivity index (χ2v) is 9.26. The van der Waals surface area contributed by atoms with E-state index in [-0.39, 0.29) is 35.8 Å². The summed E-state index contributed by atoms with van der Waals surface area (Å²) in [6.07, 6.45) is 5.11. The first-order valence-corrected chi connectivity index (χ1v) is 11.6. The van der Waals surface area contributed by atoms with Gasteiger partial charge in [0.05, 0.1) is 42.8 Å². The van der Waals surface area contributed by atoms with Gasteiger partial charge in [-0.05, 0) is 32.4 Å². The number of carbonyl (C=O) groups excluding carboxylic acids is 2. The summed E-state index contributed by atoms with van der Waals surface area (Å²) < 4.78 is 29.3. The van der Waals surface area contributed by atoms with E-state index in [1.54, 1.807) is 26.9 Å². The van der Waals surface area contributed by atoms with Gasteiger partial charge in [0, 0.05) is 36.5 Å². The van der Waals surface area contributed by atoms with Gasteiger partial charge >= 0.3 is 6.03 Å². The van der Waals surface area contributed by atoms with Crippen molar-refractivity contribution in [2.24, 2.45) is 0 Å². The maximum absolute atomic E-state index is 13.8. The molecule has 1 saturated heterocycles. The molecule has 10 nitrogen and oxygen atoms in total. The molecular formula is C24H26F2N8O2. The van der Waals surface area contributed by atoms with Crippen molar-refractivity contribution in [3.05, 3.63) is 59.3 Å². The van der Waals surface area contributed by atoms with Crippen LogP contribution in [0.25, 0.3) is 0 Å². The summed E-state index contributed by atoms with van der Waals surface area (Å²) in [6.45, 7) is 6.28. The van der Waals surface area contributed by atoms with E-state index in [2.05, 4.69) is 25.7 Å². The van der Waals surface area contributed by atoms with Crippen LogP contribution in [-0.4, -0.2) is 55.2 Å². The fraction of sp³-hybridized carbons (Fsp3) is 0.375. The Balaban J connectivity index is 1.32. The molecule has 5 rings (SSSR count). The lowest BCUT2D eigenvalue weighted by molar-refractivity contribution is -0.117. The van der Waals surface area contributed by atoms with E-state index < -0.39 is 17.7 Å². The minimum Gasteiger partial charge on any atom is -0.365 e. The molecule has 4 heterocycles. The van der Waals surface area contributed by atoms with Gasteiger partial charge in [0.25, 0.3) is 0 Å². The summed E-state index contributed by atoms with van der Waals surface area (Å²) in [4.78, 5) is 37.5. The molecule has 12 heteroatoms. The third-order valence-electron chi connectivity index (χ3n) is 6.59. The topological polar surface area (TPSA) is 108 Å². The number of benzene rings is 1. The number of carbonyl (C=O) groups is 2. The van der Waals surface area contributed by atoms with Crippen molar-refractivity contribution in [3.8, 4) is 0 Å². The van der Waals surface area contributed by atoms with Crippen LogP contribution in [0.5, 0.6) is 0 Å². The van der Waals surface area contributed by atoms with E-state index in [1.165, 1.54) is 19.3 Å².